The fraction of sp³-hybridized carbons (Fsp3) is 0.409. The van der Waals surface area contributed by atoms with Crippen LogP contribution < -0.4 is 5.56 Å². The van der Waals surface area contributed by atoms with Gasteiger partial charge in [0, 0.05) is 10.9 Å². The number of benzene rings is 1. The normalized spacial score (nSPS) is 19.6. The number of aryl methyl sites for hydroxylation is 1. The van der Waals surface area contributed by atoms with Crippen LogP contribution in [0.2, 0.25) is 0 Å². The van der Waals surface area contributed by atoms with E-state index < -0.39 is 0 Å². The second kappa shape index (κ2) is 7.87. The van der Waals surface area contributed by atoms with Crippen LogP contribution in [-0.2, 0) is 16.1 Å². The highest BCUT2D eigenvalue weighted by molar-refractivity contribution is 7.17. The fourth-order valence-corrected chi connectivity index (χ4v) is 4.64. The predicted molar refractivity (Wildman–Crippen MR) is 112 cm³/mol. The minimum absolute atomic E-state index is 0.0274. The lowest BCUT2D eigenvalue weighted by molar-refractivity contribution is -0.151. The van der Waals surface area contributed by atoms with Crippen molar-refractivity contribution in [3.63, 3.8) is 0 Å². The standard InChI is InChI=1S/C22H24N2O3S/c1-14-3-7-16(8-4-14)18-12-28-21-20(18)22(26)24(13-23-21)11-19(25)27-17-9-5-15(2)6-10-17/h3-4,7-8,12-13,15,17H,5-6,9-11H2,1-2H3. The Bertz CT molecular complexity index is 1040. The molecule has 0 N–H and O–H groups in total. The topological polar surface area (TPSA) is 61.2 Å². The van der Waals surface area contributed by atoms with Gasteiger partial charge in [-0.2, -0.15) is 0 Å². The van der Waals surface area contributed by atoms with Crippen molar-refractivity contribution in [2.24, 2.45) is 5.92 Å². The van der Waals surface area contributed by atoms with Crippen LogP contribution in [0.3, 0.4) is 0 Å². The number of nitrogens with zero attached hydrogens (tertiary/aromatic N) is 2. The number of fused-ring (bicyclic) bond motifs is 1. The molecule has 1 aliphatic rings. The van der Waals surface area contributed by atoms with E-state index in [1.807, 2.05) is 36.6 Å². The minimum atomic E-state index is -0.366. The lowest BCUT2D eigenvalue weighted by atomic mass is 9.89. The maximum absolute atomic E-state index is 13.0. The number of carbonyl (C=O) groups is 1. The molecular formula is C22H24N2O3S. The maximum atomic E-state index is 13.0. The Morgan fingerprint density at radius 3 is 2.64 bits per heavy atom. The largest absolute Gasteiger partial charge is 0.461 e. The number of hydrogen-bond donors (Lipinski definition) is 0. The third-order valence-corrected chi connectivity index (χ3v) is 6.37. The molecule has 0 aliphatic heterocycles. The fourth-order valence-electron chi connectivity index (χ4n) is 3.74. The van der Waals surface area contributed by atoms with Crippen molar-refractivity contribution >= 4 is 27.5 Å². The first-order chi connectivity index (χ1) is 13.5. The average molecular weight is 397 g/mol. The van der Waals surface area contributed by atoms with Gasteiger partial charge < -0.3 is 4.74 Å². The number of thiophene rings is 1. The molecule has 0 saturated heterocycles. The van der Waals surface area contributed by atoms with E-state index in [9.17, 15) is 9.59 Å². The van der Waals surface area contributed by atoms with Crippen molar-refractivity contribution in [1.82, 2.24) is 9.55 Å². The van der Waals surface area contributed by atoms with Crippen LogP contribution in [-0.4, -0.2) is 21.6 Å². The van der Waals surface area contributed by atoms with E-state index in [4.69, 9.17) is 4.74 Å². The van der Waals surface area contributed by atoms with E-state index >= 15 is 0 Å². The average Bonchev–Trinajstić information content (AvgIpc) is 3.11. The number of ether oxygens (including phenoxy) is 1. The minimum Gasteiger partial charge on any atom is -0.461 e. The van der Waals surface area contributed by atoms with Gasteiger partial charge >= 0.3 is 5.97 Å². The molecule has 0 spiro atoms. The second-order valence-electron chi connectivity index (χ2n) is 7.74. The van der Waals surface area contributed by atoms with Crippen LogP contribution in [0.4, 0.5) is 0 Å². The molecule has 1 aromatic carbocycles. The highest BCUT2D eigenvalue weighted by Gasteiger charge is 2.22. The van der Waals surface area contributed by atoms with Crippen LogP contribution in [0, 0.1) is 12.8 Å². The molecule has 2 heterocycles. The summed E-state index contributed by atoms with van der Waals surface area (Å²) in [4.78, 5) is 30.5. The maximum Gasteiger partial charge on any atom is 0.326 e. The summed E-state index contributed by atoms with van der Waals surface area (Å²) in [6.45, 7) is 4.16. The molecule has 2 aromatic heterocycles. The molecule has 1 saturated carbocycles. The Kier molecular flexibility index (Phi) is 5.31. The van der Waals surface area contributed by atoms with Gasteiger partial charge in [-0.3, -0.25) is 14.2 Å². The third-order valence-electron chi connectivity index (χ3n) is 5.48. The van der Waals surface area contributed by atoms with Crippen molar-refractivity contribution < 1.29 is 9.53 Å². The number of aromatic nitrogens is 2. The summed E-state index contributed by atoms with van der Waals surface area (Å²) >= 11 is 1.44. The molecule has 3 aromatic rings. The Hall–Kier alpha value is -2.47. The molecule has 0 radical (unpaired) electrons. The molecule has 4 rings (SSSR count). The Balaban J connectivity index is 1.57. The van der Waals surface area contributed by atoms with Crippen LogP contribution in [0.5, 0.6) is 0 Å². The predicted octanol–water partition coefficient (Wildman–Crippen LogP) is 4.56. The Morgan fingerprint density at radius 2 is 1.93 bits per heavy atom. The van der Waals surface area contributed by atoms with E-state index in [1.165, 1.54) is 27.8 Å². The molecule has 6 heteroatoms. The van der Waals surface area contributed by atoms with Gasteiger partial charge in [0.15, 0.2) is 0 Å². The van der Waals surface area contributed by atoms with E-state index in [-0.39, 0.29) is 24.2 Å². The summed E-state index contributed by atoms with van der Waals surface area (Å²) in [5.41, 5.74) is 2.81. The molecule has 5 nitrogen and oxygen atoms in total. The highest BCUT2D eigenvalue weighted by Crippen LogP contribution is 2.30. The summed E-state index contributed by atoms with van der Waals surface area (Å²) in [6.07, 6.45) is 5.40. The van der Waals surface area contributed by atoms with Gasteiger partial charge in [0.25, 0.3) is 5.56 Å². The summed E-state index contributed by atoms with van der Waals surface area (Å²) in [7, 11) is 0. The Morgan fingerprint density at radius 1 is 1.21 bits per heavy atom. The molecule has 146 valence electrons. The molecule has 0 amide bonds. The lowest BCUT2D eigenvalue weighted by Gasteiger charge is -2.26. The SMILES string of the molecule is Cc1ccc(-c2csc3ncn(CC(=O)OC4CCC(C)CC4)c(=O)c23)cc1. The van der Waals surface area contributed by atoms with Gasteiger partial charge in [-0.25, -0.2) is 4.98 Å². The van der Waals surface area contributed by atoms with Crippen molar-refractivity contribution in [2.45, 2.75) is 52.2 Å². The molecule has 28 heavy (non-hydrogen) atoms. The first-order valence-corrected chi connectivity index (χ1v) is 10.6. The van der Waals surface area contributed by atoms with Crippen LogP contribution in [0.1, 0.15) is 38.2 Å². The summed E-state index contributed by atoms with van der Waals surface area (Å²) in [5.74, 6) is 0.331. The van der Waals surface area contributed by atoms with Gasteiger partial charge in [0.05, 0.1) is 11.7 Å². The van der Waals surface area contributed by atoms with Crippen molar-refractivity contribution in [3.8, 4) is 11.1 Å². The van der Waals surface area contributed by atoms with Crippen LogP contribution >= 0.6 is 11.3 Å². The number of esters is 1. The zero-order valence-corrected chi connectivity index (χ0v) is 17.0. The van der Waals surface area contributed by atoms with E-state index in [0.717, 1.165) is 36.8 Å². The van der Waals surface area contributed by atoms with Gasteiger partial charge in [0.2, 0.25) is 0 Å². The first-order valence-electron chi connectivity index (χ1n) is 9.74. The monoisotopic (exact) mass is 396 g/mol. The van der Waals surface area contributed by atoms with Gasteiger partial charge in [0.1, 0.15) is 17.5 Å². The molecule has 1 fully saturated rings. The van der Waals surface area contributed by atoms with Crippen molar-refractivity contribution in [1.29, 1.82) is 0 Å². The summed E-state index contributed by atoms with van der Waals surface area (Å²) in [6, 6.07) is 8.06. The summed E-state index contributed by atoms with van der Waals surface area (Å²) < 4.78 is 6.96. The lowest BCUT2D eigenvalue weighted by Crippen LogP contribution is -2.29. The van der Waals surface area contributed by atoms with Crippen molar-refractivity contribution in [3.05, 3.63) is 51.9 Å². The highest BCUT2D eigenvalue weighted by atomic mass is 32.1. The third kappa shape index (κ3) is 3.87. The first kappa shape index (κ1) is 18.9. The molecule has 0 atom stereocenters. The van der Waals surface area contributed by atoms with Crippen molar-refractivity contribution in [2.75, 3.05) is 0 Å². The summed E-state index contributed by atoms with van der Waals surface area (Å²) in [5, 5.41) is 2.52. The molecule has 0 bridgehead atoms. The zero-order chi connectivity index (χ0) is 19.7. The molecule has 0 unspecified atom stereocenters. The van der Waals surface area contributed by atoms with Gasteiger partial charge in [-0.1, -0.05) is 36.8 Å². The number of carbonyl (C=O) groups excluding carboxylic acids is 1. The quantitative estimate of drug-likeness (QED) is 0.607. The smallest absolute Gasteiger partial charge is 0.326 e. The zero-order valence-electron chi connectivity index (χ0n) is 16.2. The molecular weight excluding hydrogens is 372 g/mol. The van der Waals surface area contributed by atoms with E-state index in [1.54, 1.807) is 0 Å². The second-order valence-corrected chi connectivity index (χ2v) is 8.60. The number of hydrogen-bond acceptors (Lipinski definition) is 5. The Labute approximate surface area is 168 Å². The van der Waals surface area contributed by atoms with Crippen LogP contribution in [0.25, 0.3) is 21.3 Å². The van der Waals surface area contributed by atoms with Crippen LogP contribution in [0.15, 0.2) is 40.8 Å². The molecule has 1 aliphatic carbocycles. The van der Waals surface area contributed by atoms with E-state index in [0.29, 0.717) is 16.1 Å². The van der Waals surface area contributed by atoms with Gasteiger partial charge in [-0.15, -0.1) is 11.3 Å². The van der Waals surface area contributed by atoms with E-state index in [2.05, 4.69) is 11.9 Å². The van der Waals surface area contributed by atoms with Gasteiger partial charge in [-0.05, 0) is 44.1 Å². The number of rotatable bonds is 4.